The van der Waals surface area contributed by atoms with Crippen molar-refractivity contribution in [1.29, 1.82) is 0 Å². The van der Waals surface area contributed by atoms with Gasteiger partial charge in [0.1, 0.15) is 0 Å². The molecule has 80 valence electrons. The summed E-state index contributed by atoms with van der Waals surface area (Å²) in [6, 6.07) is 0. The highest BCUT2D eigenvalue weighted by molar-refractivity contribution is 6.13. The second-order valence-corrected chi connectivity index (χ2v) is 3.51. The van der Waals surface area contributed by atoms with E-state index in [0.717, 1.165) is 6.42 Å². The van der Waals surface area contributed by atoms with E-state index < -0.39 is 0 Å². The first-order valence-corrected chi connectivity index (χ1v) is 5.05. The van der Waals surface area contributed by atoms with E-state index in [4.69, 9.17) is 0 Å². The number of rotatable bonds is 2. The summed E-state index contributed by atoms with van der Waals surface area (Å²) < 4.78 is 0. The van der Waals surface area contributed by atoms with E-state index in [1.54, 1.807) is 0 Å². The molecular weight excluding hydrogens is 178 g/mol. The van der Waals surface area contributed by atoms with Crippen LogP contribution in [-0.4, -0.2) is 22.3 Å². The maximum absolute atomic E-state index is 11.2. The first kappa shape index (κ1) is 12.9. The third kappa shape index (κ3) is 2.44. The van der Waals surface area contributed by atoms with E-state index in [-0.39, 0.29) is 17.4 Å². The molecular formula is C11H19NO2. The Labute approximate surface area is 85.8 Å². The average Bonchev–Trinajstić information content (AvgIpc) is 2.50. The largest absolute Gasteiger partial charge is 0.270 e. The van der Waals surface area contributed by atoms with Crippen molar-refractivity contribution in [3.63, 3.8) is 0 Å². The lowest BCUT2D eigenvalue weighted by Crippen LogP contribution is -2.47. The quantitative estimate of drug-likeness (QED) is 0.636. The Balaban J connectivity index is 0.000000791. The van der Waals surface area contributed by atoms with Gasteiger partial charge in [-0.3, -0.25) is 14.5 Å². The Morgan fingerprint density at radius 2 is 1.50 bits per heavy atom. The number of carbonyl (C=O) groups is 2. The SMILES string of the molecule is CC.CCC(C)(C)N1C(=O)C=CC1=O. The standard InChI is InChI=1S/C9H13NO2.C2H6/c1-4-9(2,3)10-7(11)5-6-8(10)12;1-2/h5-6H,4H2,1-3H3;1-2H3. The van der Waals surface area contributed by atoms with Crippen LogP contribution in [0.3, 0.4) is 0 Å². The third-order valence-electron chi connectivity index (χ3n) is 2.28. The molecule has 0 atom stereocenters. The molecule has 3 nitrogen and oxygen atoms in total. The van der Waals surface area contributed by atoms with Gasteiger partial charge < -0.3 is 0 Å². The van der Waals surface area contributed by atoms with Crippen LogP contribution in [0, 0.1) is 0 Å². The molecule has 2 amide bonds. The summed E-state index contributed by atoms with van der Waals surface area (Å²) in [4.78, 5) is 23.7. The van der Waals surface area contributed by atoms with E-state index in [2.05, 4.69) is 0 Å². The summed E-state index contributed by atoms with van der Waals surface area (Å²) in [6.07, 6.45) is 3.41. The molecule has 0 unspecified atom stereocenters. The maximum atomic E-state index is 11.2. The van der Waals surface area contributed by atoms with Crippen LogP contribution < -0.4 is 0 Å². The van der Waals surface area contributed by atoms with Crippen molar-refractivity contribution in [2.24, 2.45) is 0 Å². The fourth-order valence-corrected chi connectivity index (χ4v) is 1.15. The minimum Gasteiger partial charge on any atom is -0.270 e. The van der Waals surface area contributed by atoms with Crippen molar-refractivity contribution in [2.75, 3.05) is 0 Å². The lowest BCUT2D eigenvalue weighted by atomic mass is 10.00. The zero-order valence-corrected chi connectivity index (χ0v) is 9.63. The smallest absolute Gasteiger partial charge is 0.254 e. The highest BCUT2D eigenvalue weighted by Gasteiger charge is 2.35. The number of hydrogen-bond donors (Lipinski definition) is 0. The molecule has 1 heterocycles. The van der Waals surface area contributed by atoms with Gasteiger partial charge in [0.05, 0.1) is 0 Å². The van der Waals surface area contributed by atoms with Crippen LogP contribution in [0.4, 0.5) is 0 Å². The van der Waals surface area contributed by atoms with Crippen molar-refractivity contribution < 1.29 is 9.59 Å². The normalized spacial score (nSPS) is 15.6. The number of nitrogens with zero attached hydrogens (tertiary/aromatic N) is 1. The Kier molecular flexibility index (Phi) is 4.54. The van der Waals surface area contributed by atoms with Crippen LogP contribution in [0.5, 0.6) is 0 Å². The van der Waals surface area contributed by atoms with Gasteiger partial charge in [-0.1, -0.05) is 20.8 Å². The summed E-state index contributed by atoms with van der Waals surface area (Å²) in [5.74, 6) is -0.404. The highest BCUT2D eigenvalue weighted by Crippen LogP contribution is 2.22. The van der Waals surface area contributed by atoms with Crippen molar-refractivity contribution >= 4 is 11.8 Å². The van der Waals surface area contributed by atoms with Gasteiger partial charge in [-0.05, 0) is 20.3 Å². The van der Waals surface area contributed by atoms with Gasteiger partial charge in [-0.2, -0.15) is 0 Å². The van der Waals surface area contributed by atoms with Gasteiger partial charge in [0.25, 0.3) is 11.8 Å². The van der Waals surface area contributed by atoms with Gasteiger partial charge >= 0.3 is 0 Å². The molecule has 14 heavy (non-hydrogen) atoms. The molecule has 0 fully saturated rings. The van der Waals surface area contributed by atoms with E-state index >= 15 is 0 Å². The molecule has 0 radical (unpaired) electrons. The molecule has 0 aliphatic carbocycles. The zero-order valence-electron chi connectivity index (χ0n) is 9.63. The van der Waals surface area contributed by atoms with Gasteiger partial charge in [0.15, 0.2) is 0 Å². The lowest BCUT2D eigenvalue weighted by Gasteiger charge is -2.32. The van der Waals surface area contributed by atoms with Crippen LogP contribution in [0.15, 0.2) is 12.2 Å². The van der Waals surface area contributed by atoms with Gasteiger partial charge in [0.2, 0.25) is 0 Å². The predicted molar refractivity (Wildman–Crippen MR) is 56.7 cm³/mol. The predicted octanol–water partition coefficient (Wildman–Crippen LogP) is 2.13. The van der Waals surface area contributed by atoms with Crippen molar-refractivity contribution in [3.8, 4) is 0 Å². The van der Waals surface area contributed by atoms with Crippen LogP contribution in [0.25, 0.3) is 0 Å². The Bertz CT molecular complexity index is 236. The summed E-state index contributed by atoms with van der Waals surface area (Å²) in [6.45, 7) is 9.73. The van der Waals surface area contributed by atoms with E-state index in [1.165, 1.54) is 17.1 Å². The molecule has 1 rings (SSSR count). The second-order valence-electron chi connectivity index (χ2n) is 3.51. The fourth-order valence-electron chi connectivity index (χ4n) is 1.15. The molecule has 0 aromatic heterocycles. The van der Waals surface area contributed by atoms with Crippen molar-refractivity contribution in [2.45, 2.75) is 46.6 Å². The Hall–Kier alpha value is -1.12. The molecule has 0 bridgehead atoms. The molecule has 0 spiro atoms. The Morgan fingerprint density at radius 1 is 1.14 bits per heavy atom. The summed E-state index contributed by atoms with van der Waals surface area (Å²) >= 11 is 0. The molecule has 0 saturated heterocycles. The molecule has 1 aliphatic rings. The summed E-state index contributed by atoms with van der Waals surface area (Å²) in [5, 5.41) is 0. The third-order valence-corrected chi connectivity index (χ3v) is 2.28. The van der Waals surface area contributed by atoms with Crippen LogP contribution in [-0.2, 0) is 9.59 Å². The van der Waals surface area contributed by atoms with Gasteiger partial charge in [-0.25, -0.2) is 0 Å². The minimum absolute atomic E-state index is 0.202. The number of imide groups is 1. The molecule has 0 N–H and O–H groups in total. The summed E-state index contributed by atoms with van der Waals surface area (Å²) in [7, 11) is 0. The van der Waals surface area contributed by atoms with Crippen molar-refractivity contribution in [3.05, 3.63) is 12.2 Å². The molecule has 0 aromatic carbocycles. The highest BCUT2D eigenvalue weighted by atomic mass is 16.2. The summed E-state index contributed by atoms with van der Waals surface area (Å²) in [5.41, 5.74) is -0.363. The Morgan fingerprint density at radius 3 is 1.79 bits per heavy atom. The minimum atomic E-state index is -0.363. The molecule has 0 saturated carbocycles. The second kappa shape index (κ2) is 4.94. The van der Waals surface area contributed by atoms with Crippen LogP contribution in [0.2, 0.25) is 0 Å². The van der Waals surface area contributed by atoms with E-state index in [1.807, 2.05) is 34.6 Å². The lowest BCUT2D eigenvalue weighted by molar-refractivity contribution is -0.142. The number of carbonyl (C=O) groups excluding carboxylic acids is 2. The number of amides is 2. The zero-order chi connectivity index (χ0) is 11.4. The maximum Gasteiger partial charge on any atom is 0.254 e. The number of hydrogen-bond acceptors (Lipinski definition) is 2. The van der Waals surface area contributed by atoms with E-state index in [0.29, 0.717) is 0 Å². The van der Waals surface area contributed by atoms with E-state index in [9.17, 15) is 9.59 Å². The van der Waals surface area contributed by atoms with Crippen LogP contribution in [0.1, 0.15) is 41.0 Å². The molecule has 0 aromatic rings. The molecule has 3 heteroatoms. The fraction of sp³-hybridized carbons (Fsp3) is 0.636. The monoisotopic (exact) mass is 197 g/mol. The topological polar surface area (TPSA) is 37.4 Å². The van der Waals surface area contributed by atoms with Crippen molar-refractivity contribution in [1.82, 2.24) is 4.90 Å². The first-order valence-electron chi connectivity index (χ1n) is 5.05. The average molecular weight is 197 g/mol. The first-order chi connectivity index (χ1) is 6.49. The van der Waals surface area contributed by atoms with Gasteiger partial charge in [0, 0.05) is 17.7 Å². The van der Waals surface area contributed by atoms with Crippen LogP contribution >= 0.6 is 0 Å². The molecule has 1 aliphatic heterocycles. The van der Waals surface area contributed by atoms with Gasteiger partial charge in [-0.15, -0.1) is 0 Å².